The third-order valence-corrected chi connectivity index (χ3v) is 4.32. The number of terminal acetylenes is 1. The molecule has 1 heterocycles. The average molecular weight is 371 g/mol. The highest BCUT2D eigenvalue weighted by Crippen LogP contribution is 2.20. The molecule has 1 N–H and O–H groups in total. The molecule has 1 aliphatic heterocycles. The van der Waals surface area contributed by atoms with Gasteiger partial charge in [-0.05, 0) is 57.7 Å². The van der Waals surface area contributed by atoms with E-state index >= 15 is 0 Å². The van der Waals surface area contributed by atoms with Gasteiger partial charge < -0.3 is 19.9 Å². The number of nitrogens with zero attached hydrogens (tertiary/aromatic N) is 2. The number of piperidine rings is 1. The van der Waals surface area contributed by atoms with Crippen LogP contribution < -0.4 is 5.32 Å². The van der Waals surface area contributed by atoms with Gasteiger partial charge in [0.1, 0.15) is 5.60 Å². The Kier molecular flexibility index (Phi) is 6.73. The molecule has 1 unspecified atom stereocenters. The van der Waals surface area contributed by atoms with Gasteiger partial charge in [-0.25, -0.2) is 9.59 Å². The first kappa shape index (κ1) is 20.6. The summed E-state index contributed by atoms with van der Waals surface area (Å²) >= 11 is 0. The Bertz CT molecular complexity index is 718. The van der Waals surface area contributed by atoms with Crippen LogP contribution in [-0.2, 0) is 4.74 Å². The van der Waals surface area contributed by atoms with Gasteiger partial charge in [0.2, 0.25) is 0 Å². The monoisotopic (exact) mass is 371 g/mol. The van der Waals surface area contributed by atoms with Crippen LogP contribution >= 0.6 is 0 Å². The molecule has 6 nitrogen and oxygen atoms in total. The van der Waals surface area contributed by atoms with Gasteiger partial charge in [0.05, 0.1) is 0 Å². The first-order valence-corrected chi connectivity index (χ1v) is 9.24. The molecule has 1 fully saturated rings. The van der Waals surface area contributed by atoms with E-state index in [0.717, 1.165) is 18.4 Å². The number of urea groups is 1. The standard InChI is InChI=1S/C21H29N3O3/c1-6-16-9-7-11-18(13-16)22-19(25)24-12-8-10-17(15-24)14-23(5)20(26)27-21(2,3)4/h1,7,9,11,13,17H,8,10,12,14-15H2,2-5H3,(H,22,25). The molecule has 0 bridgehead atoms. The highest BCUT2D eigenvalue weighted by atomic mass is 16.6. The van der Waals surface area contributed by atoms with Crippen LogP contribution in [0.25, 0.3) is 0 Å². The summed E-state index contributed by atoms with van der Waals surface area (Å²) in [6, 6.07) is 7.08. The average Bonchev–Trinajstić information content (AvgIpc) is 2.60. The van der Waals surface area contributed by atoms with E-state index in [1.807, 2.05) is 39.0 Å². The topological polar surface area (TPSA) is 61.9 Å². The number of hydrogen-bond donors (Lipinski definition) is 1. The predicted octanol–water partition coefficient (Wildman–Crippen LogP) is 3.78. The van der Waals surface area contributed by atoms with Gasteiger partial charge in [-0.3, -0.25) is 0 Å². The van der Waals surface area contributed by atoms with Crippen molar-refractivity contribution in [1.29, 1.82) is 0 Å². The zero-order valence-electron chi connectivity index (χ0n) is 16.6. The van der Waals surface area contributed by atoms with Gasteiger partial charge in [0.15, 0.2) is 0 Å². The molecule has 1 aromatic rings. The maximum absolute atomic E-state index is 12.6. The molecular weight excluding hydrogens is 342 g/mol. The minimum atomic E-state index is -0.517. The van der Waals surface area contributed by atoms with Gasteiger partial charge in [0, 0.05) is 37.9 Å². The van der Waals surface area contributed by atoms with Crippen LogP contribution in [-0.4, -0.2) is 54.2 Å². The molecule has 6 heteroatoms. The van der Waals surface area contributed by atoms with E-state index in [1.165, 1.54) is 0 Å². The highest BCUT2D eigenvalue weighted by Gasteiger charge is 2.27. The van der Waals surface area contributed by atoms with Crippen molar-refractivity contribution in [2.45, 2.75) is 39.2 Å². The predicted molar refractivity (Wildman–Crippen MR) is 107 cm³/mol. The Morgan fingerprint density at radius 3 is 2.81 bits per heavy atom. The number of nitrogens with one attached hydrogen (secondary N) is 1. The fraction of sp³-hybridized carbons (Fsp3) is 0.524. The maximum atomic E-state index is 12.6. The summed E-state index contributed by atoms with van der Waals surface area (Å²) in [5.74, 6) is 2.78. The number of carbonyl (C=O) groups is 2. The van der Waals surface area contributed by atoms with Crippen molar-refractivity contribution in [3.63, 3.8) is 0 Å². The van der Waals surface area contributed by atoms with Gasteiger partial charge in [0.25, 0.3) is 0 Å². The number of benzene rings is 1. The number of rotatable bonds is 3. The number of likely N-dealkylation sites (tertiary alicyclic amines) is 1. The van der Waals surface area contributed by atoms with Gasteiger partial charge >= 0.3 is 12.1 Å². The van der Waals surface area contributed by atoms with E-state index in [9.17, 15) is 9.59 Å². The summed E-state index contributed by atoms with van der Waals surface area (Å²) in [6.45, 7) is 7.41. The van der Waals surface area contributed by atoms with Crippen LogP contribution in [0.4, 0.5) is 15.3 Å². The second-order valence-electron chi connectivity index (χ2n) is 7.97. The lowest BCUT2D eigenvalue weighted by Gasteiger charge is -2.35. The van der Waals surface area contributed by atoms with E-state index in [2.05, 4.69) is 11.2 Å². The van der Waals surface area contributed by atoms with Crippen LogP contribution in [0.15, 0.2) is 24.3 Å². The Hall–Kier alpha value is -2.68. The SMILES string of the molecule is C#Cc1cccc(NC(=O)N2CCCC(CN(C)C(=O)OC(C)(C)C)C2)c1. The smallest absolute Gasteiger partial charge is 0.410 e. The zero-order valence-corrected chi connectivity index (χ0v) is 16.6. The van der Waals surface area contributed by atoms with Crippen LogP contribution in [0.2, 0.25) is 0 Å². The second kappa shape index (κ2) is 8.81. The minimum Gasteiger partial charge on any atom is -0.444 e. The van der Waals surface area contributed by atoms with E-state index in [0.29, 0.717) is 25.3 Å². The molecule has 1 atom stereocenters. The van der Waals surface area contributed by atoms with Crippen molar-refractivity contribution in [2.24, 2.45) is 5.92 Å². The summed E-state index contributed by atoms with van der Waals surface area (Å²) in [4.78, 5) is 28.1. The fourth-order valence-electron chi connectivity index (χ4n) is 3.09. The third-order valence-electron chi connectivity index (χ3n) is 4.32. The number of anilines is 1. The summed E-state index contributed by atoms with van der Waals surface area (Å²) in [5.41, 5.74) is 0.892. The summed E-state index contributed by atoms with van der Waals surface area (Å²) < 4.78 is 5.39. The molecule has 0 saturated carbocycles. The lowest BCUT2D eigenvalue weighted by atomic mass is 9.98. The molecule has 146 valence electrons. The van der Waals surface area contributed by atoms with Crippen molar-refractivity contribution in [3.8, 4) is 12.3 Å². The fourth-order valence-corrected chi connectivity index (χ4v) is 3.09. The summed E-state index contributed by atoms with van der Waals surface area (Å²) in [7, 11) is 1.73. The van der Waals surface area contributed by atoms with E-state index in [1.54, 1.807) is 22.9 Å². The van der Waals surface area contributed by atoms with Crippen molar-refractivity contribution in [1.82, 2.24) is 9.80 Å². The van der Waals surface area contributed by atoms with E-state index in [-0.39, 0.29) is 18.0 Å². The molecule has 2 rings (SSSR count). The van der Waals surface area contributed by atoms with Crippen LogP contribution in [0.3, 0.4) is 0 Å². The Balaban J connectivity index is 1.90. The molecule has 1 aliphatic rings. The zero-order chi connectivity index (χ0) is 20.0. The first-order valence-electron chi connectivity index (χ1n) is 9.24. The Morgan fingerprint density at radius 2 is 2.15 bits per heavy atom. The number of ether oxygens (including phenoxy) is 1. The van der Waals surface area contributed by atoms with Crippen LogP contribution in [0.5, 0.6) is 0 Å². The Morgan fingerprint density at radius 1 is 1.41 bits per heavy atom. The molecular formula is C21H29N3O3. The van der Waals surface area contributed by atoms with Crippen molar-refractivity contribution >= 4 is 17.8 Å². The first-order chi connectivity index (χ1) is 12.7. The Labute approximate surface area is 161 Å². The molecule has 0 aliphatic carbocycles. The molecule has 1 aromatic carbocycles. The summed E-state index contributed by atoms with van der Waals surface area (Å²) in [5, 5.41) is 2.90. The lowest BCUT2D eigenvalue weighted by Crippen LogP contribution is -2.46. The molecule has 0 radical (unpaired) electrons. The number of hydrogen-bond acceptors (Lipinski definition) is 3. The molecule has 27 heavy (non-hydrogen) atoms. The maximum Gasteiger partial charge on any atom is 0.410 e. The largest absolute Gasteiger partial charge is 0.444 e. The molecule has 1 saturated heterocycles. The normalized spacial score (nSPS) is 17.0. The van der Waals surface area contributed by atoms with Crippen molar-refractivity contribution < 1.29 is 14.3 Å². The third kappa shape index (κ3) is 6.52. The second-order valence-corrected chi connectivity index (χ2v) is 7.97. The van der Waals surface area contributed by atoms with Crippen molar-refractivity contribution in [2.75, 3.05) is 32.0 Å². The van der Waals surface area contributed by atoms with Gasteiger partial charge in [-0.2, -0.15) is 0 Å². The number of carbonyl (C=O) groups excluding carboxylic acids is 2. The van der Waals surface area contributed by atoms with Gasteiger partial charge in [-0.15, -0.1) is 6.42 Å². The van der Waals surface area contributed by atoms with Crippen molar-refractivity contribution in [3.05, 3.63) is 29.8 Å². The minimum absolute atomic E-state index is 0.145. The van der Waals surface area contributed by atoms with E-state index < -0.39 is 5.60 Å². The van der Waals surface area contributed by atoms with Crippen LogP contribution in [0.1, 0.15) is 39.2 Å². The van der Waals surface area contributed by atoms with Gasteiger partial charge in [-0.1, -0.05) is 12.0 Å². The molecule has 0 spiro atoms. The molecule has 0 aromatic heterocycles. The summed E-state index contributed by atoms with van der Waals surface area (Å²) in [6.07, 6.45) is 6.95. The van der Waals surface area contributed by atoms with Crippen LogP contribution in [0, 0.1) is 18.3 Å². The quantitative estimate of drug-likeness (QED) is 0.823. The van der Waals surface area contributed by atoms with E-state index in [4.69, 9.17) is 11.2 Å². The molecule has 3 amide bonds. The lowest BCUT2D eigenvalue weighted by molar-refractivity contribution is 0.0253. The number of amides is 3. The highest BCUT2D eigenvalue weighted by molar-refractivity contribution is 5.89.